The molecule has 1 rings (SSSR count). The number of hydrazine groups is 1. The molecule has 0 aromatic carbocycles. The lowest BCUT2D eigenvalue weighted by Crippen LogP contribution is -2.39. The molecule has 19 heavy (non-hydrogen) atoms. The number of nitrogen functional groups attached to an aromatic ring is 1. The minimum atomic E-state index is -0.134. The summed E-state index contributed by atoms with van der Waals surface area (Å²) in [5.41, 5.74) is 2.78. The van der Waals surface area contributed by atoms with E-state index in [-0.39, 0.29) is 11.9 Å². The van der Waals surface area contributed by atoms with E-state index in [1.54, 1.807) is 18.1 Å². The lowest BCUT2D eigenvalue weighted by molar-refractivity contribution is 0.0634. The Labute approximate surface area is 117 Å². The van der Waals surface area contributed by atoms with Gasteiger partial charge < -0.3 is 15.1 Å². The van der Waals surface area contributed by atoms with Crippen LogP contribution >= 0.6 is 11.6 Å². The third-order valence-electron chi connectivity index (χ3n) is 2.65. The SMILES string of the molecule is COCCN(C(=O)c1cnc(NN)c(Cl)c1)C(C)C. The van der Waals surface area contributed by atoms with E-state index >= 15 is 0 Å². The number of carbonyl (C=O) groups is 1. The highest BCUT2D eigenvalue weighted by Gasteiger charge is 2.19. The van der Waals surface area contributed by atoms with Gasteiger partial charge >= 0.3 is 0 Å². The Morgan fingerprint density at radius 2 is 2.32 bits per heavy atom. The van der Waals surface area contributed by atoms with Gasteiger partial charge in [0.15, 0.2) is 5.82 Å². The molecule has 0 aliphatic rings. The normalized spacial score (nSPS) is 10.6. The summed E-state index contributed by atoms with van der Waals surface area (Å²) < 4.78 is 5.01. The Bertz CT molecular complexity index is 440. The third kappa shape index (κ3) is 4.05. The minimum Gasteiger partial charge on any atom is -0.383 e. The predicted octanol–water partition coefficient (Wildman–Crippen LogP) is 1.52. The van der Waals surface area contributed by atoms with Crippen molar-refractivity contribution in [3.8, 4) is 0 Å². The van der Waals surface area contributed by atoms with Gasteiger partial charge in [-0.2, -0.15) is 0 Å². The number of nitrogens with one attached hydrogen (secondary N) is 1. The summed E-state index contributed by atoms with van der Waals surface area (Å²) in [6.07, 6.45) is 1.45. The summed E-state index contributed by atoms with van der Waals surface area (Å²) >= 11 is 5.96. The fourth-order valence-electron chi connectivity index (χ4n) is 1.61. The van der Waals surface area contributed by atoms with Gasteiger partial charge in [0.1, 0.15) is 0 Å². The molecule has 1 heterocycles. The highest BCUT2D eigenvalue weighted by Crippen LogP contribution is 2.20. The molecule has 3 N–H and O–H groups in total. The third-order valence-corrected chi connectivity index (χ3v) is 2.93. The number of ether oxygens (including phenoxy) is 1. The van der Waals surface area contributed by atoms with Crippen LogP contribution in [0.2, 0.25) is 5.02 Å². The number of anilines is 1. The van der Waals surface area contributed by atoms with Crippen LogP contribution in [0.25, 0.3) is 0 Å². The molecule has 1 aromatic rings. The molecular formula is C12H19ClN4O2. The molecule has 0 aliphatic carbocycles. The van der Waals surface area contributed by atoms with E-state index in [1.807, 2.05) is 13.8 Å². The van der Waals surface area contributed by atoms with Gasteiger partial charge in [0.2, 0.25) is 0 Å². The monoisotopic (exact) mass is 286 g/mol. The quantitative estimate of drug-likeness (QED) is 0.612. The van der Waals surface area contributed by atoms with Crippen LogP contribution in [-0.4, -0.2) is 42.1 Å². The van der Waals surface area contributed by atoms with E-state index in [0.717, 1.165) is 0 Å². The molecule has 0 aliphatic heterocycles. The van der Waals surface area contributed by atoms with Crippen LogP contribution in [0.5, 0.6) is 0 Å². The van der Waals surface area contributed by atoms with Crippen LogP contribution in [0.4, 0.5) is 5.82 Å². The molecule has 0 atom stereocenters. The van der Waals surface area contributed by atoms with Gasteiger partial charge in [-0.25, -0.2) is 10.8 Å². The summed E-state index contributed by atoms with van der Waals surface area (Å²) in [5, 5.41) is 0.309. The lowest BCUT2D eigenvalue weighted by atomic mass is 10.2. The zero-order valence-electron chi connectivity index (χ0n) is 11.3. The largest absolute Gasteiger partial charge is 0.383 e. The molecule has 0 unspecified atom stereocenters. The Morgan fingerprint density at radius 1 is 1.63 bits per heavy atom. The standard InChI is InChI=1S/C12H19ClN4O2/c1-8(2)17(4-5-19-3)12(18)9-6-10(13)11(16-14)15-7-9/h6-8H,4-5,14H2,1-3H3,(H,15,16). The van der Waals surface area contributed by atoms with Crippen molar-refractivity contribution in [3.63, 3.8) is 0 Å². The molecule has 7 heteroatoms. The number of aromatic nitrogens is 1. The van der Waals surface area contributed by atoms with Gasteiger partial charge in [-0.1, -0.05) is 11.6 Å². The second-order valence-electron chi connectivity index (χ2n) is 4.28. The van der Waals surface area contributed by atoms with Gasteiger partial charge in [-0.15, -0.1) is 0 Å². The van der Waals surface area contributed by atoms with E-state index in [2.05, 4.69) is 10.4 Å². The summed E-state index contributed by atoms with van der Waals surface area (Å²) in [6.45, 7) is 4.88. The zero-order chi connectivity index (χ0) is 14.4. The van der Waals surface area contributed by atoms with E-state index in [4.69, 9.17) is 22.2 Å². The Hall–Kier alpha value is -1.37. The molecule has 1 aromatic heterocycles. The summed E-state index contributed by atoms with van der Waals surface area (Å²) in [5.74, 6) is 5.45. The van der Waals surface area contributed by atoms with E-state index < -0.39 is 0 Å². The summed E-state index contributed by atoms with van der Waals surface area (Å²) in [6, 6.07) is 1.61. The second-order valence-corrected chi connectivity index (χ2v) is 4.69. The molecule has 0 spiro atoms. The molecule has 106 valence electrons. The van der Waals surface area contributed by atoms with Crippen LogP contribution in [0.1, 0.15) is 24.2 Å². The number of hydrogen-bond donors (Lipinski definition) is 2. The van der Waals surface area contributed by atoms with Crippen molar-refractivity contribution >= 4 is 23.3 Å². The van der Waals surface area contributed by atoms with Crippen molar-refractivity contribution in [1.29, 1.82) is 0 Å². The molecular weight excluding hydrogens is 268 g/mol. The maximum absolute atomic E-state index is 12.4. The fourth-order valence-corrected chi connectivity index (χ4v) is 1.83. The Morgan fingerprint density at radius 3 is 2.79 bits per heavy atom. The molecule has 6 nitrogen and oxygen atoms in total. The van der Waals surface area contributed by atoms with Crippen molar-refractivity contribution in [2.45, 2.75) is 19.9 Å². The smallest absolute Gasteiger partial charge is 0.255 e. The van der Waals surface area contributed by atoms with E-state index in [0.29, 0.717) is 29.6 Å². The number of nitrogens with zero attached hydrogens (tertiary/aromatic N) is 2. The summed E-state index contributed by atoms with van der Waals surface area (Å²) in [4.78, 5) is 18.1. The molecule has 0 radical (unpaired) electrons. The van der Waals surface area contributed by atoms with E-state index in [1.165, 1.54) is 6.20 Å². The zero-order valence-corrected chi connectivity index (χ0v) is 12.1. The van der Waals surface area contributed by atoms with Gasteiger partial charge in [-0.05, 0) is 19.9 Å². The fraction of sp³-hybridized carbons (Fsp3) is 0.500. The minimum absolute atomic E-state index is 0.0636. The first-order valence-corrected chi connectivity index (χ1v) is 6.31. The first kappa shape index (κ1) is 15.7. The molecule has 0 bridgehead atoms. The highest BCUT2D eigenvalue weighted by molar-refractivity contribution is 6.33. The maximum Gasteiger partial charge on any atom is 0.255 e. The molecule has 1 amide bonds. The highest BCUT2D eigenvalue weighted by atomic mass is 35.5. The number of hydrogen-bond acceptors (Lipinski definition) is 5. The number of methoxy groups -OCH3 is 1. The topological polar surface area (TPSA) is 80.5 Å². The lowest BCUT2D eigenvalue weighted by Gasteiger charge is -2.26. The van der Waals surface area contributed by atoms with Gasteiger partial charge in [0, 0.05) is 25.9 Å². The van der Waals surface area contributed by atoms with Crippen LogP contribution < -0.4 is 11.3 Å². The van der Waals surface area contributed by atoms with Crippen LogP contribution in [0.15, 0.2) is 12.3 Å². The van der Waals surface area contributed by atoms with Crippen molar-refractivity contribution in [3.05, 3.63) is 22.8 Å². The number of carbonyl (C=O) groups excluding carboxylic acids is 1. The second kappa shape index (κ2) is 7.28. The average Bonchev–Trinajstić information content (AvgIpc) is 2.38. The van der Waals surface area contributed by atoms with Gasteiger partial charge in [0.05, 0.1) is 17.2 Å². The molecule has 0 saturated carbocycles. The predicted molar refractivity (Wildman–Crippen MR) is 75.1 cm³/mol. The average molecular weight is 287 g/mol. The first-order valence-electron chi connectivity index (χ1n) is 5.93. The number of rotatable bonds is 6. The summed E-state index contributed by atoms with van der Waals surface area (Å²) in [7, 11) is 1.60. The number of nitrogens with two attached hydrogens (primary N) is 1. The van der Waals surface area contributed by atoms with Crippen LogP contribution in [0.3, 0.4) is 0 Å². The molecule has 0 fully saturated rings. The Kier molecular flexibility index (Phi) is 6.01. The first-order chi connectivity index (χ1) is 9.01. The van der Waals surface area contributed by atoms with Crippen LogP contribution in [-0.2, 0) is 4.74 Å². The van der Waals surface area contributed by atoms with Gasteiger partial charge in [-0.3, -0.25) is 4.79 Å². The van der Waals surface area contributed by atoms with Crippen molar-refractivity contribution in [2.75, 3.05) is 25.7 Å². The number of halogens is 1. The molecule has 0 saturated heterocycles. The number of amides is 1. The van der Waals surface area contributed by atoms with Crippen molar-refractivity contribution in [2.24, 2.45) is 5.84 Å². The Balaban J connectivity index is 2.93. The van der Waals surface area contributed by atoms with Crippen LogP contribution in [0, 0.1) is 0 Å². The van der Waals surface area contributed by atoms with Crippen molar-refractivity contribution in [1.82, 2.24) is 9.88 Å². The van der Waals surface area contributed by atoms with E-state index in [9.17, 15) is 4.79 Å². The number of pyridine rings is 1. The van der Waals surface area contributed by atoms with Gasteiger partial charge in [0.25, 0.3) is 5.91 Å². The van der Waals surface area contributed by atoms with Crippen molar-refractivity contribution < 1.29 is 9.53 Å². The maximum atomic E-state index is 12.4.